The minimum atomic E-state index is -0.443. The summed E-state index contributed by atoms with van der Waals surface area (Å²) in [6.45, 7) is 0.539. The first-order chi connectivity index (χ1) is 16.0. The van der Waals surface area contributed by atoms with Crippen molar-refractivity contribution in [2.75, 3.05) is 6.54 Å². The second-order valence-electron chi connectivity index (χ2n) is 7.35. The van der Waals surface area contributed by atoms with E-state index in [0.29, 0.717) is 29.2 Å². The summed E-state index contributed by atoms with van der Waals surface area (Å²) >= 11 is 0.939. The number of rotatable bonds is 8. The van der Waals surface area contributed by atoms with E-state index in [4.69, 9.17) is 4.74 Å². The first-order valence-electron chi connectivity index (χ1n) is 10.2. The Bertz CT molecular complexity index is 1210. The number of nitrogens with zero attached hydrogens (tertiary/aromatic N) is 2. The Morgan fingerprint density at radius 3 is 2.39 bits per heavy atom. The summed E-state index contributed by atoms with van der Waals surface area (Å²) in [5, 5.41) is 10.6. The average Bonchev–Trinajstić information content (AvgIpc) is 3.10. The highest BCUT2D eigenvalue weighted by Crippen LogP contribution is 2.32. The van der Waals surface area contributed by atoms with Gasteiger partial charge in [0, 0.05) is 18.7 Å². The van der Waals surface area contributed by atoms with Crippen LogP contribution in [-0.2, 0) is 17.8 Å². The molecule has 0 aliphatic carbocycles. The maximum atomic E-state index is 12.7. The van der Waals surface area contributed by atoms with Crippen LogP contribution >= 0.6 is 11.8 Å². The standard InChI is InChI=1S/C25H20N2O5S/c28-24-23(33-25(29)26(24)14-13-18-5-2-1-3-6-18)16-19-9-11-22(12-10-19)32-17-20-7-4-8-21(15-20)27(30)31/h1-12,15-16H,13-14,17H2/b23-16-. The second kappa shape index (κ2) is 10.1. The third-order valence-corrected chi connectivity index (χ3v) is 5.95. The van der Waals surface area contributed by atoms with Crippen molar-refractivity contribution < 1.29 is 19.2 Å². The van der Waals surface area contributed by atoms with Crippen molar-refractivity contribution in [2.45, 2.75) is 13.0 Å². The van der Waals surface area contributed by atoms with Crippen LogP contribution in [0.25, 0.3) is 6.08 Å². The van der Waals surface area contributed by atoms with Crippen LogP contribution in [0.2, 0.25) is 0 Å². The predicted molar refractivity (Wildman–Crippen MR) is 127 cm³/mol. The molecule has 1 heterocycles. The van der Waals surface area contributed by atoms with Crippen LogP contribution < -0.4 is 4.74 Å². The number of hydrogen-bond acceptors (Lipinski definition) is 6. The van der Waals surface area contributed by atoms with Crippen molar-refractivity contribution in [1.82, 2.24) is 4.90 Å². The minimum Gasteiger partial charge on any atom is -0.489 e. The van der Waals surface area contributed by atoms with Crippen molar-refractivity contribution in [2.24, 2.45) is 0 Å². The summed E-state index contributed by atoms with van der Waals surface area (Å²) < 4.78 is 5.70. The molecule has 7 nitrogen and oxygen atoms in total. The second-order valence-corrected chi connectivity index (χ2v) is 8.35. The first-order valence-corrected chi connectivity index (χ1v) is 11.1. The molecule has 1 aliphatic heterocycles. The third-order valence-electron chi connectivity index (χ3n) is 5.05. The number of carbonyl (C=O) groups is 2. The van der Waals surface area contributed by atoms with Gasteiger partial charge in [0.1, 0.15) is 12.4 Å². The molecule has 1 aliphatic rings. The van der Waals surface area contributed by atoms with Gasteiger partial charge in [0.05, 0.1) is 9.83 Å². The Balaban J connectivity index is 1.36. The lowest BCUT2D eigenvalue weighted by molar-refractivity contribution is -0.384. The number of thioether (sulfide) groups is 1. The molecule has 0 bridgehead atoms. The summed E-state index contributed by atoms with van der Waals surface area (Å²) in [4.78, 5) is 37.1. The van der Waals surface area contributed by atoms with E-state index < -0.39 is 4.92 Å². The number of nitro benzene ring substituents is 1. The third kappa shape index (κ3) is 5.67. The molecular formula is C25H20N2O5S. The minimum absolute atomic E-state index is 0.0177. The first kappa shape index (κ1) is 22.3. The van der Waals surface area contributed by atoms with Crippen LogP contribution in [-0.4, -0.2) is 27.5 Å². The molecule has 3 aromatic carbocycles. The average molecular weight is 461 g/mol. The van der Waals surface area contributed by atoms with E-state index >= 15 is 0 Å². The van der Waals surface area contributed by atoms with Gasteiger partial charge in [-0.3, -0.25) is 24.6 Å². The van der Waals surface area contributed by atoms with Crippen molar-refractivity contribution in [3.05, 3.63) is 111 Å². The van der Waals surface area contributed by atoms with E-state index in [9.17, 15) is 19.7 Å². The predicted octanol–water partition coefficient (Wildman–Crippen LogP) is 5.45. The fourth-order valence-corrected chi connectivity index (χ4v) is 4.18. The summed E-state index contributed by atoms with van der Waals surface area (Å²) in [6, 6.07) is 23.1. The number of amides is 2. The van der Waals surface area contributed by atoms with Gasteiger partial charge in [0.15, 0.2) is 0 Å². The Hall–Kier alpha value is -3.91. The highest BCUT2D eigenvalue weighted by atomic mass is 32.2. The Morgan fingerprint density at radius 1 is 0.939 bits per heavy atom. The number of carbonyl (C=O) groups excluding carboxylic acids is 2. The van der Waals surface area contributed by atoms with Gasteiger partial charge in [-0.1, -0.05) is 54.6 Å². The molecule has 1 saturated heterocycles. The zero-order valence-corrected chi connectivity index (χ0v) is 18.4. The van der Waals surface area contributed by atoms with Crippen LogP contribution in [0.1, 0.15) is 16.7 Å². The number of non-ortho nitro benzene ring substituents is 1. The van der Waals surface area contributed by atoms with Crippen LogP contribution in [0.3, 0.4) is 0 Å². The maximum Gasteiger partial charge on any atom is 0.293 e. The quantitative estimate of drug-likeness (QED) is 0.252. The van der Waals surface area contributed by atoms with E-state index in [1.165, 1.54) is 17.0 Å². The van der Waals surface area contributed by atoms with Gasteiger partial charge in [-0.05, 0) is 53.1 Å². The highest BCUT2D eigenvalue weighted by molar-refractivity contribution is 8.18. The Kier molecular flexibility index (Phi) is 6.85. The van der Waals surface area contributed by atoms with Gasteiger partial charge < -0.3 is 4.74 Å². The van der Waals surface area contributed by atoms with E-state index in [1.807, 2.05) is 30.3 Å². The molecule has 4 rings (SSSR count). The van der Waals surface area contributed by atoms with E-state index in [2.05, 4.69) is 0 Å². The molecule has 166 valence electrons. The van der Waals surface area contributed by atoms with E-state index in [0.717, 1.165) is 22.9 Å². The zero-order valence-electron chi connectivity index (χ0n) is 17.5. The molecule has 8 heteroatoms. The molecule has 0 saturated carbocycles. The molecule has 1 fully saturated rings. The fraction of sp³-hybridized carbons (Fsp3) is 0.120. The molecule has 3 aromatic rings. The lowest BCUT2D eigenvalue weighted by atomic mass is 10.1. The highest BCUT2D eigenvalue weighted by Gasteiger charge is 2.34. The summed E-state index contributed by atoms with van der Waals surface area (Å²) in [5.41, 5.74) is 2.55. The molecular weight excluding hydrogens is 440 g/mol. The lowest BCUT2D eigenvalue weighted by Gasteiger charge is -2.12. The lowest BCUT2D eigenvalue weighted by Crippen LogP contribution is -2.30. The van der Waals surface area contributed by atoms with E-state index in [-0.39, 0.29) is 23.4 Å². The summed E-state index contributed by atoms with van der Waals surface area (Å²) in [7, 11) is 0. The largest absolute Gasteiger partial charge is 0.489 e. The van der Waals surface area contributed by atoms with Gasteiger partial charge in [-0.15, -0.1) is 0 Å². The van der Waals surface area contributed by atoms with Gasteiger partial charge in [0.2, 0.25) is 0 Å². The number of nitro groups is 1. The molecule has 0 N–H and O–H groups in total. The summed E-state index contributed by atoms with van der Waals surface area (Å²) in [6.07, 6.45) is 2.31. The van der Waals surface area contributed by atoms with Crippen LogP contribution in [0, 0.1) is 10.1 Å². The molecule has 0 spiro atoms. The Labute approximate surface area is 194 Å². The number of hydrogen-bond donors (Lipinski definition) is 0. The molecule has 0 atom stereocenters. The van der Waals surface area contributed by atoms with Crippen LogP contribution in [0.5, 0.6) is 5.75 Å². The van der Waals surface area contributed by atoms with Crippen molar-refractivity contribution >= 4 is 34.7 Å². The Morgan fingerprint density at radius 2 is 1.67 bits per heavy atom. The van der Waals surface area contributed by atoms with Crippen LogP contribution in [0.4, 0.5) is 10.5 Å². The fourth-order valence-electron chi connectivity index (χ4n) is 3.32. The smallest absolute Gasteiger partial charge is 0.293 e. The SMILES string of the molecule is O=C1S/C(=C\c2ccc(OCc3cccc([N+](=O)[O-])c3)cc2)C(=O)N1CCc1ccccc1. The van der Waals surface area contributed by atoms with E-state index in [1.54, 1.807) is 42.5 Å². The van der Waals surface area contributed by atoms with Crippen molar-refractivity contribution in [3.63, 3.8) is 0 Å². The van der Waals surface area contributed by atoms with Gasteiger partial charge in [-0.25, -0.2) is 0 Å². The van der Waals surface area contributed by atoms with Gasteiger partial charge >= 0.3 is 0 Å². The van der Waals surface area contributed by atoms with Gasteiger partial charge in [-0.2, -0.15) is 0 Å². The monoisotopic (exact) mass is 460 g/mol. The molecule has 0 radical (unpaired) electrons. The van der Waals surface area contributed by atoms with Crippen LogP contribution in [0.15, 0.2) is 83.8 Å². The van der Waals surface area contributed by atoms with Gasteiger partial charge in [0.25, 0.3) is 16.8 Å². The normalized spacial score (nSPS) is 14.7. The maximum absolute atomic E-state index is 12.7. The number of imide groups is 1. The van der Waals surface area contributed by atoms with Crippen molar-refractivity contribution in [3.8, 4) is 5.75 Å². The molecule has 0 unspecified atom stereocenters. The number of ether oxygens (including phenoxy) is 1. The van der Waals surface area contributed by atoms with Crippen molar-refractivity contribution in [1.29, 1.82) is 0 Å². The molecule has 2 amide bonds. The topological polar surface area (TPSA) is 89.7 Å². The molecule has 0 aromatic heterocycles. The molecule has 33 heavy (non-hydrogen) atoms. The zero-order chi connectivity index (χ0) is 23.2. The summed E-state index contributed by atoms with van der Waals surface area (Å²) in [5.74, 6) is 0.307. The number of benzene rings is 3.